The smallest absolute Gasteiger partial charge is 0.150 e. The minimum absolute atomic E-state index is 0.870. The number of rotatable bonds is 8. The molecule has 5 nitrogen and oxygen atoms in total. The summed E-state index contributed by atoms with van der Waals surface area (Å²) in [6, 6.07) is 25.2. The van der Waals surface area contributed by atoms with Gasteiger partial charge >= 0.3 is 0 Å². The molecule has 0 radical (unpaired) electrons. The zero-order chi connectivity index (χ0) is 23.3. The molecule has 1 aliphatic rings. The van der Waals surface area contributed by atoms with E-state index in [9.17, 15) is 0 Å². The number of piperazine rings is 1. The third-order valence-corrected chi connectivity index (χ3v) is 6.74. The van der Waals surface area contributed by atoms with E-state index in [-0.39, 0.29) is 0 Å². The van der Waals surface area contributed by atoms with Gasteiger partial charge in [0.2, 0.25) is 0 Å². The monoisotopic (exact) mass is 454 g/mol. The number of aromatic nitrogens is 1. The molecule has 2 heterocycles. The molecule has 0 unspecified atom stereocenters. The molecule has 0 saturated carbocycles. The largest absolute Gasteiger partial charge is 0.455 e. The van der Waals surface area contributed by atoms with E-state index in [0.717, 1.165) is 56.3 Å². The summed E-state index contributed by atoms with van der Waals surface area (Å²) in [6.45, 7) is 5.34. The quantitative estimate of drug-likeness (QED) is 0.366. The summed E-state index contributed by atoms with van der Waals surface area (Å²) >= 11 is 0. The first kappa shape index (κ1) is 22.4. The molecule has 1 fully saturated rings. The van der Waals surface area contributed by atoms with Gasteiger partial charge in [0.15, 0.2) is 5.75 Å². The van der Waals surface area contributed by atoms with Crippen molar-refractivity contribution >= 4 is 22.3 Å². The minimum Gasteiger partial charge on any atom is -0.455 e. The van der Waals surface area contributed by atoms with E-state index in [1.807, 2.05) is 26.2 Å². The fourth-order valence-corrected chi connectivity index (χ4v) is 4.80. The number of nitrogens with zero attached hydrogens (tertiary/aromatic N) is 3. The lowest BCUT2D eigenvalue weighted by Crippen LogP contribution is -2.46. The Morgan fingerprint density at radius 1 is 0.882 bits per heavy atom. The highest BCUT2D eigenvalue weighted by Crippen LogP contribution is 2.34. The Labute approximate surface area is 202 Å². The van der Waals surface area contributed by atoms with Crippen molar-refractivity contribution in [2.24, 2.45) is 0 Å². The molecule has 5 heteroatoms. The van der Waals surface area contributed by atoms with Gasteiger partial charge in [-0.25, -0.2) is 0 Å². The summed E-state index contributed by atoms with van der Waals surface area (Å²) in [5, 5.41) is 1.36. The van der Waals surface area contributed by atoms with E-state index in [1.165, 1.54) is 28.6 Å². The maximum absolute atomic E-state index is 6.34. The van der Waals surface area contributed by atoms with Crippen LogP contribution in [0.5, 0.6) is 11.5 Å². The molecule has 1 aromatic heterocycles. The van der Waals surface area contributed by atoms with Crippen molar-refractivity contribution in [2.75, 3.05) is 56.6 Å². The van der Waals surface area contributed by atoms with Crippen molar-refractivity contribution in [3.8, 4) is 11.5 Å². The van der Waals surface area contributed by atoms with Crippen LogP contribution in [0.4, 0.5) is 11.4 Å². The van der Waals surface area contributed by atoms with Crippen LogP contribution >= 0.6 is 0 Å². The molecule has 1 saturated heterocycles. The van der Waals surface area contributed by atoms with E-state index in [1.54, 1.807) is 0 Å². The molecule has 1 aliphatic heterocycles. The number of nitrogens with one attached hydrogen (secondary N) is 1. The Bertz CT molecular complexity index is 1220. The Hall–Kier alpha value is -3.44. The van der Waals surface area contributed by atoms with E-state index in [0.29, 0.717) is 0 Å². The number of hydrogen-bond acceptors (Lipinski definition) is 4. The number of hydrogen-bond donors (Lipinski definition) is 1. The first-order valence-corrected chi connectivity index (χ1v) is 12.2. The van der Waals surface area contributed by atoms with Crippen LogP contribution in [0.25, 0.3) is 10.9 Å². The standard InChI is InChI=1S/C29H34N4O/c1-31(2)24-10-7-11-25(21-24)34-29-15-6-5-14-28(29)33-19-17-32(18-20-33)16-8-9-23-22-30-27-13-4-3-12-26(23)27/h3-7,10-15,21-22,30H,8-9,16-20H2,1-2H3. The molecular weight excluding hydrogens is 420 g/mol. The number of H-pyrrole nitrogens is 1. The SMILES string of the molecule is CN(C)c1cccc(Oc2ccccc2N2CCN(CCCc3c[nH]c4ccccc34)CC2)c1. The van der Waals surface area contributed by atoms with Gasteiger partial charge in [-0.1, -0.05) is 36.4 Å². The molecule has 0 atom stereocenters. The van der Waals surface area contributed by atoms with E-state index in [4.69, 9.17) is 4.74 Å². The average molecular weight is 455 g/mol. The molecule has 4 aromatic rings. The molecule has 0 bridgehead atoms. The zero-order valence-electron chi connectivity index (χ0n) is 20.2. The predicted molar refractivity (Wildman–Crippen MR) is 143 cm³/mol. The second-order valence-electron chi connectivity index (χ2n) is 9.25. The lowest BCUT2D eigenvalue weighted by atomic mass is 10.1. The number of aromatic amines is 1. The number of ether oxygens (including phenoxy) is 1. The Balaban J connectivity index is 1.16. The summed E-state index contributed by atoms with van der Waals surface area (Å²) < 4.78 is 6.34. The number of fused-ring (bicyclic) bond motifs is 1. The summed E-state index contributed by atoms with van der Waals surface area (Å²) in [6.07, 6.45) is 4.48. The Kier molecular flexibility index (Phi) is 6.72. The molecule has 0 aliphatic carbocycles. The van der Waals surface area contributed by atoms with Gasteiger partial charge in [0.05, 0.1) is 5.69 Å². The van der Waals surface area contributed by atoms with Crippen molar-refractivity contribution < 1.29 is 4.74 Å². The van der Waals surface area contributed by atoms with E-state index in [2.05, 4.69) is 86.5 Å². The maximum Gasteiger partial charge on any atom is 0.150 e. The summed E-state index contributed by atoms with van der Waals surface area (Å²) in [5.41, 5.74) is 4.98. The second kappa shape index (κ2) is 10.2. The third-order valence-electron chi connectivity index (χ3n) is 6.74. The van der Waals surface area contributed by atoms with Crippen molar-refractivity contribution in [3.05, 3.63) is 84.6 Å². The van der Waals surface area contributed by atoms with Crippen LogP contribution < -0.4 is 14.5 Å². The first-order chi connectivity index (χ1) is 16.7. The number of para-hydroxylation sites is 3. The van der Waals surface area contributed by atoms with Crippen molar-refractivity contribution in [3.63, 3.8) is 0 Å². The third kappa shape index (κ3) is 5.05. The summed E-state index contributed by atoms with van der Waals surface area (Å²) in [5.74, 6) is 1.79. The van der Waals surface area contributed by atoms with Crippen molar-refractivity contribution in [1.29, 1.82) is 0 Å². The van der Waals surface area contributed by atoms with Crippen LogP contribution in [-0.2, 0) is 6.42 Å². The number of aryl methyl sites for hydroxylation is 1. The maximum atomic E-state index is 6.34. The van der Waals surface area contributed by atoms with Gasteiger partial charge in [0, 0.05) is 69.1 Å². The molecule has 176 valence electrons. The summed E-state index contributed by atoms with van der Waals surface area (Å²) in [4.78, 5) is 10.5. The van der Waals surface area contributed by atoms with E-state index < -0.39 is 0 Å². The van der Waals surface area contributed by atoms with Gasteiger partial charge in [-0.05, 0) is 55.3 Å². The molecule has 5 rings (SSSR count). The van der Waals surface area contributed by atoms with Gasteiger partial charge in [-0.2, -0.15) is 0 Å². The number of anilines is 2. The molecule has 0 amide bonds. The lowest BCUT2D eigenvalue weighted by Gasteiger charge is -2.36. The minimum atomic E-state index is 0.870. The predicted octanol–water partition coefficient (Wildman–Crippen LogP) is 5.78. The topological polar surface area (TPSA) is 34.7 Å². The summed E-state index contributed by atoms with van der Waals surface area (Å²) in [7, 11) is 4.10. The van der Waals surface area contributed by atoms with Gasteiger partial charge in [0.1, 0.15) is 5.75 Å². The van der Waals surface area contributed by atoms with Crippen LogP contribution in [0.15, 0.2) is 79.0 Å². The van der Waals surface area contributed by atoms with Gasteiger partial charge in [-0.15, -0.1) is 0 Å². The Morgan fingerprint density at radius 2 is 1.68 bits per heavy atom. The normalized spacial score (nSPS) is 14.5. The first-order valence-electron chi connectivity index (χ1n) is 12.2. The molecule has 1 N–H and O–H groups in total. The lowest BCUT2D eigenvalue weighted by molar-refractivity contribution is 0.254. The van der Waals surface area contributed by atoms with Gasteiger partial charge < -0.3 is 19.5 Å². The number of benzene rings is 3. The van der Waals surface area contributed by atoms with Crippen LogP contribution in [0.3, 0.4) is 0 Å². The van der Waals surface area contributed by atoms with Crippen LogP contribution in [0, 0.1) is 0 Å². The molecular formula is C29H34N4O. The van der Waals surface area contributed by atoms with Crippen molar-refractivity contribution in [2.45, 2.75) is 12.8 Å². The average Bonchev–Trinajstić information content (AvgIpc) is 3.28. The Morgan fingerprint density at radius 3 is 2.53 bits per heavy atom. The molecule has 34 heavy (non-hydrogen) atoms. The molecule has 0 spiro atoms. The van der Waals surface area contributed by atoms with E-state index >= 15 is 0 Å². The fraction of sp³-hybridized carbons (Fsp3) is 0.310. The van der Waals surface area contributed by atoms with Crippen LogP contribution in [0.1, 0.15) is 12.0 Å². The van der Waals surface area contributed by atoms with Crippen LogP contribution in [0.2, 0.25) is 0 Å². The highest BCUT2D eigenvalue weighted by atomic mass is 16.5. The highest BCUT2D eigenvalue weighted by molar-refractivity contribution is 5.83. The van der Waals surface area contributed by atoms with Crippen molar-refractivity contribution in [1.82, 2.24) is 9.88 Å². The van der Waals surface area contributed by atoms with Gasteiger partial charge in [0.25, 0.3) is 0 Å². The second-order valence-corrected chi connectivity index (χ2v) is 9.25. The van der Waals surface area contributed by atoms with Gasteiger partial charge in [-0.3, -0.25) is 4.90 Å². The fourth-order valence-electron chi connectivity index (χ4n) is 4.80. The molecule has 3 aromatic carbocycles. The van der Waals surface area contributed by atoms with Crippen LogP contribution in [-0.4, -0.2) is 56.7 Å². The highest BCUT2D eigenvalue weighted by Gasteiger charge is 2.20. The zero-order valence-corrected chi connectivity index (χ0v) is 20.2.